The minimum absolute atomic E-state index is 0.128. The third-order valence-electron chi connectivity index (χ3n) is 2.70. The third-order valence-corrected chi connectivity index (χ3v) is 2.90. The molecule has 6 nitrogen and oxygen atoms in total. The lowest BCUT2D eigenvalue weighted by atomic mass is 10.3. The molecule has 0 saturated heterocycles. The van der Waals surface area contributed by atoms with Crippen LogP contribution in [0.4, 0.5) is 0 Å². The van der Waals surface area contributed by atoms with Crippen LogP contribution >= 0.6 is 11.6 Å². The number of ether oxygens (including phenoxy) is 2. The number of hydrogen-bond donors (Lipinski definition) is 2. The number of para-hydroxylation sites is 1. The number of halogens is 1. The van der Waals surface area contributed by atoms with E-state index in [-0.39, 0.29) is 6.61 Å². The molecule has 2 N–H and O–H groups in total. The van der Waals surface area contributed by atoms with E-state index in [4.69, 9.17) is 21.1 Å². The van der Waals surface area contributed by atoms with Crippen molar-refractivity contribution in [3.8, 4) is 11.6 Å². The summed E-state index contributed by atoms with van der Waals surface area (Å²) in [7, 11) is 0. The fraction of sp³-hybridized carbons (Fsp3) is 0.333. The fourth-order valence-electron chi connectivity index (χ4n) is 1.65. The first kappa shape index (κ1) is 16.5. The molecule has 22 heavy (non-hydrogen) atoms. The van der Waals surface area contributed by atoms with Crippen LogP contribution in [0.25, 0.3) is 0 Å². The Hall–Kier alpha value is -1.89. The number of nitrogens with zero attached hydrogens (tertiary/aromatic N) is 2. The molecule has 1 aromatic heterocycles. The van der Waals surface area contributed by atoms with Crippen LogP contribution in [0, 0.1) is 0 Å². The van der Waals surface area contributed by atoms with Gasteiger partial charge in [0.1, 0.15) is 25.1 Å². The molecule has 7 heteroatoms. The van der Waals surface area contributed by atoms with Gasteiger partial charge in [-0.1, -0.05) is 29.8 Å². The number of aromatic nitrogens is 2. The van der Waals surface area contributed by atoms with Gasteiger partial charge >= 0.3 is 0 Å². The van der Waals surface area contributed by atoms with Crippen molar-refractivity contribution in [1.29, 1.82) is 0 Å². The molecule has 0 radical (unpaired) electrons. The van der Waals surface area contributed by atoms with Crippen LogP contribution in [-0.2, 0) is 0 Å². The molecule has 2 aromatic rings. The van der Waals surface area contributed by atoms with Gasteiger partial charge in [-0.05, 0) is 18.2 Å². The van der Waals surface area contributed by atoms with Crippen LogP contribution in [-0.4, -0.2) is 47.7 Å². The first-order valence-electron chi connectivity index (χ1n) is 6.92. The van der Waals surface area contributed by atoms with E-state index in [1.807, 2.05) is 30.3 Å². The van der Waals surface area contributed by atoms with Crippen LogP contribution in [0.15, 0.2) is 42.5 Å². The number of rotatable bonds is 9. The van der Waals surface area contributed by atoms with Crippen molar-refractivity contribution in [3.05, 3.63) is 47.6 Å². The summed E-state index contributed by atoms with van der Waals surface area (Å²) in [6, 6.07) is 12.8. The molecule has 1 unspecified atom stereocenters. The largest absolute Gasteiger partial charge is 0.492 e. The van der Waals surface area contributed by atoms with Gasteiger partial charge in [-0.3, -0.25) is 0 Å². The maximum absolute atomic E-state index is 9.78. The van der Waals surface area contributed by atoms with Crippen LogP contribution in [0.2, 0.25) is 5.15 Å². The highest BCUT2D eigenvalue weighted by Crippen LogP contribution is 2.08. The Balaban J connectivity index is 1.54. The minimum atomic E-state index is -0.644. The van der Waals surface area contributed by atoms with Gasteiger partial charge in [0, 0.05) is 19.2 Å². The highest BCUT2D eigenvalue weighted by molar-refractivity contribution is 6.29. The summed E-state index contributed by atoms with van der Waals surface area (Å²) in [6.07, 6.45) is -0.644. The van der Waals surface area contributed by atoms with Crippen molar-refractivity contribution in [2.24, 2.45) is 0 Å². The van der Waals surface area contributed by atoms with E-state index >= 15 is 0 Å². The molecule has 2 rings (SSSR count). The summed E-state index contributed by atoms with van der Waals surface area (Å²) in [6.45, 7) is 1.69. The number of nitrogens with one attached hydrogen (secondary N) is 1. The van der Waals surface area contributed by atoms with E-state index in [0.717, 1.165) is 5.75 Å². The Bertz CT molecular complexity index is 539. The van der Waals surface area contributed by atoms with E-state index in [9.17, 15) is 5.11 Å². The van der Waals surface area contributed by atoms with Crippen molar-refractivity contribution < 1.29 is 14.6 Å². The summed E-state index contributed by atoms with van der Waals surface area (Å²) in [5, 5.41) is 20.6. The van der Waals surface area contributed by atoms with Crippen molar-refractivity contribution >= 4 is 11.6 Å². The first-order valence-corrected chi connectivity index (χ1v) is 7.30. The Morgan fingerprint density at radius 1 is 1.09 bits per heavy atom. The van der Waals surface area contributed by atoms with Crippen LogP contribution < -0.4 is 14.8 Å². The maximum atomic E-state index is 9.78. The topological polar surface area (TPSA) is 76.5 Å². The lowest BCUT2D eigenvalue weighted by molar-refractivity contribution is 0.102. The van der Waals surface area contributed by atoms with Crippen molar-refractivity contribution in [1.82, 2.24) is 15.5 Å². The molecule has 1 heterocycles. The lowest BCUT2D eigenvalue weighted by Gasteiger charge is -2.13. The Labute approximate surface area is 134 Å². The minimum Gasteiger partial charge on any atom is -0.492 e. The number of aliphatic hydroxyl groups excluding tert-OH is 1. The summed E-state index contributed by atoms with van der Waals surface area (Å²) in [5.74, 6) is 1.16. The fourth-order valence-corrected chi connectivity index (χ4v) is 1.75. The van der Waals surface area contributed by atoms with E-state index in [1.165, 1.54) is 0 Å². The highest BCUT2D eigenvalue weighted by Gasteiger charge is 2.05. The molecule has 0 aliphatic rings. The smallest absolute Gasteiger partial charge is 0.233 e. The summed E-state index contributed by atoms with van der Waals surface area (Å²) in [4.78, 5) is 0. The van der Waals surface area contributed by atoms with Gasteiger partial charge in [-0.25, -0.2) is 0 Å². The van der Waals surface area contributed by atoms with Gasteiger partial charge < -0.3 is 19.9 Å². The van der Waals surface area contributed by atoms with Gasteiger partial charge in [0.2, 0.25) is 5.88 Å². The third kappa shape index (κ3) is 6.26. The van der Waals surface area contributed by atoms with Gasteiger partial charge in [0.25, 0.3) is 0 Å². The summed E-state index contributed by atoms with van der Waals surface area (Å²) in [5.41, 5.74) is 0. The normalized spacial score (nSPS) is 11.9. The average molecular weight is 324 g/mol. The van der Waals surface area contributed by atoms with E-state index in [2.05, 4.69) is 15.5 Å². The molecule has 0 fully saturated rings. The van der Waals surface area contributed by atoms with Crippen LogP contribution in [0.3, 0.4) is 0 Å². The van der Waals surface area contributed by atoms with Crippen LogP contribution in [0.1, 0.15) is 0 Å². The molecule has 0 bridgehead atoms. The van der Waals surface area contributed by atoms with Gasteiger partial charge in [-0.2, -0.15) is 0 Å². The van der Waals surface area contributed by atoms with Gasteiger partial charge in [0.15, 0.2) is 5.15 Å². The second-order valence-electron chi connectivity index (χ2n) is 4.52. The van der Waals surface area contributed by atoms with Gasteiger partial charge in [-0.15, -0.1) is 10.2 Å². The molecule has 118 valence electrons. The molecular formula is C15H18ClN3O3. The predicted molar refractivity (Wildman–Crippen MR) is 83.4 cm³/mol. The Kier molecular flexibility index (Phi) is 6.89. The van der Waals surface area contributed by atoms with Crippen molar-refractivity contribution in [2.75, 3.05) is 26.3 Å². The zero-order valence-electron chi connectivity index (χ0n) is 12.0. The zero-order valence-corrected chi connectivity index (χ0v) is 12.7. The molecule has 1 atom stereocenters. The molecule has 0 saturated carbocycles. The molecule has 1 aromatic carbocycles. The SMILES string of the molecule is OC(CNCCOc1ccccc1)COc1ccc(Cl)nn1. The summed E-state index contributed by atoms with van der Waals surface area (Å²) >= 11 is 5.62. The van der Waals surface area contributed by atoms with E-state index < -0.39 is 6.10 Å². The monoisotopic (exact) mass is 323 g/mol. The first-order chi connectivity index (χ1) is 10.7. The Morgan fingerprint density at radius 3 is 2.64 bits per heavy atom. The average Bonchev–Trinajstić information content (AvgIpc) is 2.55. The second kappa shape index (κ2) is 9.19. The van der Waals surface area contributed by atoms with E-state index in [1.54, 1.807) is 12.1 Å². The van der Waals surface area contributed by atoms with Crippen molar-refractivity contribution in [2.45, 2.75) is 6.10 Å². The quantitative estimate of drug-likeness (QED) is 0.682. The Morgan fingerprint density at radius 2 is 1.91 bits per heavy atom. The highest BCUT2D eigenvalue weighted by atomic mass is 35.5. The summed E-state index contributed by atoms with van der Waals surface area (Å²) < 4.78 is 10.8. The molecule has 0 spiro atoms. The van der Waals surface area contributed by atoms with Gasteiger partial charge in [0.05, 0.1) is 0 Å². The molecule has 0 amide bonds. The second-order valence-corrected chi connectivity index (χ2v) is 4.91. The van der Waals surface area contributed by atoms with Crippen molar-refractivity contribution in [3.63, 3.8) is 0 Å². The number of aliphatic hydroxyl groups is 1. The number of benzene rings is 1. The molecular weight excluding hydrogens is 306 g/mol. The number of hydrogen-bond acceptors (Lipinski definition) is 6. The standard InChI is InChI=1S/C15H18ClN3O3/c16-14-6-7-15(19-18-14)22-11-12(20)10-17-8-9-21-13-4-2-1-3-5-13/h1-7,12,17,20H,8-11H2. The lowest BCUT2D eigenvalue weighted by Crippen LogP contribution is -2.33. The zero-order chi connectivity index (χ0) is 15.6. The van der Waals surface area contributed by atoms with Crippen LogP contribution in [0.5, 0.6) is 11.6 Å². The van der Waals surface area contributed by atoms with E-state index in [0.29, 0.717) is 30.7 Å². The molecule has 0 aliphatic heterocycles. The predicted octanol–water partition coefficient (Wildman–Crippen LogP) is 1.54. The molecule has 0 aliphatic carbocycles. The maximum Gasteiger partial charge on any atom is 0.233 e.